The van der Waals surface area contributed by atoms with Crippen molar-refractivity contribution >= 4 is 11.9 Å². The Hall–Kier alpha value is -2.08. The van der Waals surface area contributed by atoms with Gasteiger partial charge in [0.25, 0.3) is 5.91 Å². The van der Waals surface area contributed by atoms with Gasteiger partial charge in [-0.2, -0.15) is 0 Å². The molecule has 0 aliphatic carbocycles. The van der Waals surface area contributed by atoms with Gasteiger partial charge in [0, 0.05) is 12.6 Å². The number of hydrogen-bond acceptors (Lipinski definition) is 5. The van der Waals surface area contributed by atoms with Crippen molar-refractivity contribution < 1.29 is 19.1 Å². The van der Waals surface area contributed by atoms with Gasteiger partial charge in [-0.05, 0) is 18.6 Å². The lowest BCUT2D eigenvalue weighted by molar-refractivity contribution is -0.142. The molecule has 108 valence electrons. The minimum Gasteiger partial charge on any atom is -0.496 e. The van der Waals surface area contributed by atoms with Gasteiger partial charge in [0.05, 0.1) is 19.8 Å². The van der Waals surface area contributed by atoms with Gasteiger partial charge < -0.3 is 20.1 Å². The van der Waals surface area contributed by atoms with Gasteiger partial charge in [0.15, 0.2) is 0 Å². The number of nitrogens with one attached hydrogen (secondary N) is 2. The monoisotopic (exact) mass is 278 g/mol. The normalized spacial score (nSPS) is 21.3. The largest absolute Gasteiger partial charge is 0.496 e. The fraction of sp³-hybridized carbons (Fsp3) is 0.429. The zero-order valence-corrected chi connectivity index (χ0v) is 11.5. The van der Waals surface area contributed by atoms with Crippen LogP contribution in [0.5, 0.6) is 5.75 Å². The molecule has 1 heterocycles. The number of amides is 1. The van der Waals surface area contributed by atoms with E-state index in [0.29, 0.717) is 24.3 Å². The molecule has 2 N–H and O–H groups in total. The Morgan fingerprint density at radius 3 is 2.75 bits per heavy atom. The maximum absolute atomic E-state index is 12.2. The molecule has 1 aromatic carbocycles. The fourth-order valence-electron chi connectivity index (χ4n) is 2.26. The Bertz CT molecular complexity index is 504. The number of para-hydroxylation sites is 1. The summed E-state index contributed by atoms with van der Waals surface area (Å²) >= 11 is 0. The highest BCUT2D eigenvalue weighted by Gasteiger charge is 2.31. The van der Waals surface area contributed by atoms with E-state index in [0.717, 1.165) is 0 Å². The van der Waals surface area contributed by atoms with Gasteiger partial charge >= 0.3 is 5.97 Å². The minimum absolute atomic E-state index is 0.100. The molecule has 1 amide bonds. The number of methoxy groups -OCH3 is 2. The smallest absolute Gasteiger partial charge is 0.322 e. The van der Waals surface area contributed by atoms with Crippen molar-refractivity contribution in [3.05, 3.63) is 29.8 Å². The van der Waals surface area contributed by atoms with Crippen molar-refractivity contribution in [3.63, 3.8) is 0 Å². The Kier molecular flexibility index (Phi) is 4.57. The number of hydrogen-bond donors (Lipinski definition) is 2. The lowest BCUT2D eigenvalue weighted by atomic mass is 10.1. The van der Waals surface area contributed by atoms with Crippen molar-refractivity contribution in [1.82, 2.24) is 10.6 Å². The first-order valence-corrected chi connectivity index (χ1v) is 6.40. The van der Waals surface area contributed by atoms with Gasteiger partial charge in [-0.15, -0.1) is 0 Å². The van der Waals surface area contributed by atoms with E-state index in [1.807, 2.05) is 0 Å². The average Bonchev–Trinajstić information content (AvgIpc) is 2.94. The van der Waals surface area contributed by atoms with Gasteiger partial charge in [0.1, 0.15) is 11.8 Å². The second-order valence-electron chi connectivity index (χ2n) is 4.59. The third-order valence-corrected chi connectivity index (χ3v) is 3.30. The van der Waals surface area contributed by atoms with E-state index in [1.54, 1.807) is 24.3 Å². The minimum atomic E-state index is -0.358. The highest BCUT2D eigenvalue weighted by Crippen LogP contribution is 2.18. The summed E-state index contributed by atoms with van der Waals surface area (Å²) in [5, 5.41) is 5.91. The van der Waals surface area contributed by atoms with E-state index in [4.69, 9.17) is 4.74 Å². The molecular weight excluding hydrogens is 260 g/mol. The number of carbonyl (C=O) groups is 2. The second-order valence-corrected chi connectivity index (χ2v) is 4.59. The Morgan fingerprint density at radius 1 is 1.30 bits per heavy atom. The zero-order chi connectivity index (χ0) is 14.5. The number of ether oxygens (including phenoxy) is 2. The summed E-state index contributed by atoms with van der Waals surface area (Å²) in [6.45, 7) is 0.542. The SMILES string of the molecule is COC(=O)[C@@H]1C[C@@H](NC(=O)c2ccccc2OC)CN1. The summed E-state index contributed by atoms with van der Waals surface area (Å²) in [6, 6.07) is 6.56. The fourth-order valence-corrected chi connectivity index (χ4v) is 2.26. The topological polar surface area (TPSA) is 76.7 Å². The number of benzene rings is 1. The Balaban J connectivity index is 1.97. The van der Waals surface area contributed by atoms with Crippen molar-refractivity contribution in [2.24, 2.45) is 0 Å². The van der Waals surface area contributed by atoms with Crippen LogP contribution in [0.2, 0.25) is 0 Å². The Morgan fingerprint density at radius 2 is 2.05 bits per heavy atom. The molecule has 6 nitrogen and oxygen atoms in total. The molecular formula is C14H18N2O4. The predicted molar refractivity (Wildman–Crippen MR) is 72.7 cm³/mol. The van der Waals surface area contributed by atoms with Crippen LogP contribution < -0.4 is 15.4 Å². The quantitative estimate of drug-likeness (QED) is 0.776. The van der Waals surface area contributed by atoms with Crippen molar-refractivity contribution in [1.29, 1.82) is 0 Å². The van der Waals surface area contributed by atoms with Crippen LogP contribution in [-0.4, -0.2) is 44.7 Å². The number of esters is 1. The summed E-state index contributed by atoms with van der Waals surface area (Å²) in [7, 11) is 2.88. The predicted octanol–water partition coefficient (Wildman–Crippen LogP) is 0.328. The molecule has 6 heteroatoms. The summed E-state index contributed by atoms with van der Waals surface area (Å²) < 4.78 is 9.83. The molecule has 1 aliphatic rings. The van der Waals surface area contributed by atoms with E-state index in [9.17, 15) is 9.59 Å². The molecule has 0 saturated carbocycles. The molecule has 1 aliphatic heterocycles. The second kappa shape index (κ2) is 6.38. The van der Waals surface area contributed by atoms with Crippen LogP contribution >= 0.6 is 0 Å². The standard InChI is InChI=1S/C14H18N2O4/c1-19-12-6-4-3-5-10(12)13(17)16-9-7-11(15-8-9)14(18)20-2/h3-6,9,11,15H,7-8H2,1-2H3,(H,16,17)/t9-,11+/m1/s1. The van der Waals surface area contributed by atoms with Gasteiger partial charge in [-0.1, -0.05) is 12.1 Å². The third-order valence-electron chi connectivity index (χ3n) is 3.30. The van der Waals surface area contributed by atoms with Crippen LogP contribution in [0.3, 0.4) is 0 Å². The van der Waals surface area contributed by atoms with Crippen LogP contribution in [0.1, 0.15) is 16.8 Å². The lowest BCUT2D eigenvalue weighted by Crippen LogP contribution is -2.36. The molecule has 0 spiro atoms. The molecule has 0 bridgehead atoms. The highest BCUT2D eigenvalue weighted by atomic mass is 16.5. The third kappa shape index (κ3) is 3.08. The van der Waals surface area contributed by atoms with Crippen LogP contribution in [-0.2, 0) is 9.53 Å². The van der Waals surface area contributed by atoms with Crippen LogP contribution in [0, 0.1) is 0 Å². The van der Waals surface area contributed by atoms with E-state index >= 15 is 0 Å². The summed E-state index contributed by atoms with van der Waals surface area (Å²) in [5.41, 5.74) is 0.483. The maximum Gasteiger partial charge on any atom is 0.322 e. The maximum atomic E-state index is 12.2. The molecule has 1 fully saturated rings. The van der Waals surface area contributed by atoms with Crippen molar-refractivity contribution in [2.45, 2.75) is 18.5 Å². The molecule has 1 aromatic rings. The molecule has 0 radical (unpaired) electrons. The van der Waals surface area contributed by atoms with Gasteiger partial charge in [0.2, 0.25) is 0 Å². The first kappa shape index (κ1) is 14.3. The number of rotatable bonds is 4. The van der Waals surface area contributed by atoms with Gasteiger partial charge in [-0.25, -0.2) is 0 Å². The number of carbonyl (C=O) groups excluding carboxylic acids is 2. The lowest BCUT2D eigenvalue weighted by Gasteiger charge is -2.13. The summed E-state index contributed by atoms with van der Waals surface area (Å²) in [6.07, 6.45) is 0.521. The van der Waals surface area contributed by atoms with E-state index in [1.165, 1.54) is 14.2 Å². The Labute approximate surface area is 117 Å². The summed E-state index contributed by atoms with van der Waals surface area (Å²) in [5.74, 6) is 0.0132. The highest BCUT2D eigenvalue weighted by molar-refractivity contribution is 5.97. The summed E-state index contributed by atoms with van der Waals surface area (Å²) in [4.78, 5) is 23.6. The molecule has 0 aromatic heterocycles. The van der Waals surface area contributed by atoms with E-state index < -0.39 is 0 Å². The van der Waals surface area contributed by atoms with Gasteiger partial charge in [-0.3, -0.25) is 9.59 Å². The first-order chi connectivity index (χ1) is 9.65. The molecule has 0 unspecified atom stereocenters. The molecule has 20 heavy (non-hydrogen) atoms. The first-order valence-electron chi connectivity index (χ1n) is 6.40. The van der Waals surface area contributed by atoms with Crippen molar-refractivity contribution in [2.75, 3.05) is 20.8 Å². The molecule has 1 saturated heterocycles. The zero-order valence-electron chi connectivity index (χ0n) is 11.5. The van der Waals surface area contributed by atoms with E-state index in [-0.39, 0.29) is 24.0 Å². The van der Waals surface area contributed by atoms with Crippen LogP contribution in [0.4, 0.5) is 0 Å². The molecule has 2 atom stereocenters. The molecule has 2 rings (SSSR count). The van der Waals surface area contributed by atoms with Crippen LogP contribution in [0.15, 0.2) is 24.3 Å². The van der Waals surface area contributed by atoms with Crippen LogP contribution in [0.25, 0.3) is 0 Å². The van der Waals surface area contributed by atoms with E-state index in [2.05, 4.69) is 15.4 Å². The average molecular weight is 278 g/mol. The van der Waals surface area contributed by atoms with Crippen molar-refractivity contribution in [3.8, 4) is 5.75 Å².